The molecule has 110 valence electrons. The molecule has 1 aromatic rings. The molecule has 1 heterocycles. The number of rotatable bonds is 2. The first kappa shape index (κ1) is 15.2. The second-order valence-electron chi connectivity index (χ2n) is 5.79. The molecule has 20 heavy (non-hydrogen) atoms. The highest BCUT2D eigenvalue weighted by Crippen LogP contribution is 2.34. The van der Waals surface area contributed by atoms with Crippen LogP contribution in [-0.2, 0) is 4.74 Å². The summed E-state index contributed by atoms with van der Waals surface area (Å²) in [6.45, 7) is 6.14. The SMILES string of the molecule is CC(C)(C)OC(=O)N1CCS[C@@H]1[C@H](O)c1ccccc1. The Morgan fingerprint density at radius 2 is 2.05 bits per heavy atom. The Morgan fingerprint density at radius 3 is 2.65 bits per heavy atom. The second-order valence-corrected chi connectivity index (χ2v) is 7.02. The van der Waals surface area contributed by atoms with Crippen LogP contribution in [0.2, 0.25) is 0 Å². The highest BCUT2D eigenvalue weighted by Gasteiger charge is 2.37. The third kappa shape index (κ3) is 3.67. The van der Waals surface area contributed by atoms with Gasteiger partial charge >= 0.3 is 6.09 Å². The first-order valence-corrected chi connectivity index (χ1v) is 7.77. The Balaban J connectivity index is 2.09. The van der Waals surface area contributed by atoms with Gasteiger partial charge in [0.1, 0.15) is 17.1 Å². The lowest BCUT2D eigenvalue weighted by atomic mass is 10.1. The summed E-state index contributed by atoms with van der Waals surface area (Å²) in [6.07, 6.45) is -1.06. The van der Waals surface area contributed by atoms with Gasteiger partial charge in [-0.25, -0.2) is 4.79 Å². The number of aliphatic hydroxyl groups is 1. The minimum absolute atomic E-state index is 0.285. The van der Waals surface area contributed by atoms with Crippen LogP contribution in [0.5, 0.6) is 0 Å². The van der Waals surface area contributed by atoms with Crippen LogP contribution in [0.1, 0.15) is 32.4 Å². The van der Waals surface area contributed by atoms with Gasteiger partial charge in [-0.05, 0) is 26.3 Å². The van der Waals surface area contributed by atoms with Gasteiger partial charge in [-0.2, -0.15) is 0 Å². The average Bonchev–Trinajstić information content (AvgIpc) is 2.86. The number of benzene rings is 1. The van der Waals surface area contributed by atoms with Crippen molar-refractivity contribution in [3.05, 3.63) is 35.9 Å². The van der Waals surface area contributed by atoms with Crippen molar-refractivity contribution in [2.24, 2.45) is 0 Å². The summed E-state index contributed by atoms with van der Waals surface area (Å²) < 4.78 is 5.40. The molecule has 1 aromatic carbocycles. The predicted molar refractivity (Wildman–Crippen MR) is 80.6 cm³/mol. The molecule has 0 aliphatic carbocycles. The fourth-order valence-electron chi connectivity index (χ4n) is 2.08. The van der Waals surface area contributed by atoms with Crippen LogP contribution in [-0.4, -0.2) is 39.4 Å². The summed E-state index contributed by atoms with van der Waals surface area (Å²) >= 11 is 1.58. The number of hydrogen-bond donors (Lipinski definition) is 1. The first-order valence-electron chi connectivity index (χ1n) is 6.73. The first-order chi connectivity index (χ1) is 9.38. The number of hydrogen-bond acceptors (Lipinski definition) is 4. The van der Waals surface area contributed by atoms with Crippen molar-refractivity contribution in [1.29, 1.82) is 0 Å². The Labute approximate surface area is 124 Å². The second kappa shape index (κ2) is 6.06. The summed E-state index contributed by atoms with van der Waals surface area (Å²) in [4.78, 5) is 13.8. The van der Waals surface area contributed by atoms with Crippen molar-refractivity contribution >= 4 is 17.9 Å². The van der Waals surface area contributed by atoms with E-state index in [9.17, 15) is 9.90 Å². The Hall–Kier alpha value is -1.20. The monoisotopic (exact) mass is 295 g/mol. The van der Waals surface area contributed by atoms with Crippen molar-refractivity contribution in [3.63, 3.8) is 0 Å². The van der Waals surface area contributed by atoms with Crippen LogP contribution < -0.4 is 0 Å². The Bertz CT molecular complexity index is 458. The Kier molecular flexibility index (Phi) is 4.60. The minimum Gasteiger partial charge on any atom is -0.444 e. The number of nitrogens with zero attached hydrogens (tertiary/aromatic N) is 1. The number of aliphatic hydroxyl groups excluding tert-OH is 1. The van der Waals surface area contributed by atoms with E-state index in [4.69, 9.17) is 4.74 Å². The summed E-state index contributed by atoms with van der Waals surface area (Å²) in [5, 5.41) is 10.2. The van der Waals surface area contributed by atoms with E-state index in [2.05, 4.69) is 0 Å². The van der Waals surface area contributed by atoms with Gasteiger partial charge in [0.15, 0.2) is 0 Å². The summed E-state index contributed by atoms with van der Waals surface area (Å²) in [6, 6.07) is 9.42. The van der Waals surface area contributed by atoms with Crippen molar-refractivity contribution in [1.82, 2.24) is 4.90 Å². The van der Waals surface area contributed by atoms with E-state index in [1.165, 1.54) is 0 Å². The standard InChI is InChI=1S/C15H21NO3S/c1-15(2,3)19-14(18)16-9-10-20-13(16)12(17)11-7-5-4-6-8-11/h4-8,12-13,17H,9-10H2,1-3H3/t12-,13-/m1/s1. The molecular weight excluding hydrogens is 274 g/mol. The van der Waals surface area contributed by atoms with E-state index in [1.807, 2.05) is 51.1 Å². The molecule has 0 bridgehead atoms. The smallest absolute Gasteiger partial charge is 0.411 e. The fraction of sp³-hybridized carbons (Fsp3) is 0.533. The van der Waals surface area contributed by atoms with Gasteiger partial charge in [0.05, 0.1) is 0 Å². The number of carbonyl (C=O) groups excluding carboxylic acids is 1. The molecule has 0 saturated carbocycles. The topological polar surface area (TPSA) is 49.8 Å². The van der Waals surface area contributed by atoms with Crippen molar-refractivity contribution < 1.29 is 14.6 Å². The molecule has 1 N–H and O–H groups in total. The molecule has 0 aromatic heterocycles. The maximum absolute atomic E-state index is 12.2. The van der Waals surface area contributed by atoms with E-state index in [0.29, 0.717) is 6.54 Å². The molecule has 0 spiro atoms. The predicted octanol–water partition coefficient (Wildman–Crippen LogP) is 3.03. The van der Waals surface area contributed by atoms with Crippen LogP contribution in [0, 0.1) is 0 Å². The molecule has 0 radical (unpaired) electrons. The zero-order valence-corrected chi connectivity index (χ0v) is 12.9. The van der Waals surface area contributed by atoms with Gasteiger partial charge in [-0.3, -0.25) is 4.90 Å². The van der Waals surface area contributed by atoms with Gasteiger partial charge < -0.3 is 9.84 Å². The van der Waals surface area contributed by atoms with E-state index >= 15 is 0 Å². The third-order valence-corrected chi connectivity index (χ3v) is 4.24. The lowest BCUT2D eigenvalue weighted by Crippen LogP contribution is -2.41. The molecule has 0 unspecified atom stereocenters. The minimum atomic E-state index is -0.698. The molecular formula is C15H21NO3S. The molecule has 5 heteroatoms. The van der Waals surface area contributed by atoms with Gasteiger partial charge in [-0.1, -0.05) is 30.3 Å². The van der Waals surface area contributed by atoms with Gasteiger partial charge in [0.2, 0.25) is 0 Å². The maximum atomic E-state index is 12.2. The zero-order chi connectivity index (χ0) is 14.8. The number of amides is 1. The van der Waals surface area contributed by atoms with Crippen molar-refractivity contribution in [3.8, 4) is 0 Å². The lowest BCUT2D eigenvalue weighted by molar-refractivity contribution is 0.0133. The molecule has 2 atom stereocenters. The largest absolute Gasteiger partial charge is 0.444 e. The zero-order valence-electron chi connectivity index (χ0n) is 12.1. The molecule has 1 saturated heterocycles. The highest BCUT2D eigenvalue weighted by atomic mass is 32.2. The average molecular weight is 295 g/mol. The number of thioether (sulfide) groups is 1. The van der Waals surface area contributed by atoms with E-state index in [1.54, 1.807) is 16.7 Å². The highest BCUT2D eigenvalue weighted by molar-refractivity contribution is 8.00. The summed E-state index contributed by atoms with van der Waals surface area (Å²) in [5.41, 5.74) is 0.299. The normalized spacial score (nSPS) is 20.8. The number of ether oxygens (including phenoxy) is 1. The third-order valence-electron chi connectivity index (χ3n) is 2.97. The molecule has 1 fully saturated rings. The summed E-state index contributed by atoms with van der Waals surface area (Å²) in [5.74, 6) is 0.813. The van der Waals surface area contributed by atoms with Crippen molar-refractivity contribution in [2.75, 3.05) is 12.3 Å². The van der Waals surface area contributed by atoms with Crippen LogP contribution in [0.25, 0.3) is 0 Å². The molecule has 1 amide bonds. The van der Waals surface area contributed by atoms with Gasteiger partial charge in [0, 0.05) is 12.3 Å². The van der Waals surface area contributed by atoms with Crippen LogP contribution in [0.4, 0.5) is 4.79 Å². The van der Waals surface area contributed by atoms with Crippen molar-refractivity contribution in [2.45, 2.75) is 37.9 Å². The van der Waals surface area contributed by atoms with Crippen LogP contribution in [0.15, 0.2) is 30.3 Å². The van der Waals surface area contributed by atoms with Crippen LogP contribution in [0.3, 0.4) is 0 Å². The summed E-state index contributed by atoms with van der Waals surface area (Å²) in [7, 11) is 0. The lowest BCUT2D eigenvalue weighted by Gasteiger charge is -2.30. The fourth-order valence-corrected chi connectivity index (χ4v) is 3.34. The van der Waals surface area contributed by atoms with E-state index in [-0.39, 0.29) is 11.5 Å². The van der Waals surface area contributed by atoms with Gasteiger partial charge in [0.25, 0.3) is 0 Å². The van der Waals surface area contributed by atoms with E-state index < -0.39 is 11.7 Å². The Morgan fingerprint density at radius 1 is 1.40 bits per heavy atom. The van der Waals surface area contributed by atoms with E-state index in [0.717, 1.165) is 11.3 Å². The maximum Gasteiger partial charge on any atom is 0.411 e. The molecule has 1 aliphatic heterocycles. The van der Waals surface area contributed by atoms with Crippen LogP contribution >= 0.6 is 11.8 Å². The van der Waals surface area contributed by atoms with Gasteiger partial charge in [-0.15, -0.1) is 11.8 Å². The molecule has 2 rings (SSSR count). The number of carbonyl (C=O) groups is 1. The molecule has 1 aliphatic rings. The quantitative estimate of drug-likeness (QED) is 0.911. The molecule has 4 nitrogen and oxygen atoms in total.